The van der Waals surface area contributed by atoms with Crippen LogP contribution in [0, 0.1) is 0 Å². The van der Waals surface area contributed by atoms with E-state index in [0.29, 0.717) is 26.2 Å². The number of ether oxygens (including phenoxy) is 1. The molecule has 7 heteroatoms. The predicted molar refractivity (Wildman–Crippen MR) is 103 cm³/mol. The number of hydrogen-bond donors (Lipinski definition) is 1. The van der Waals surface area contributed by atoms with Crippen molar-refractivity contribution in [1.29, 1.82) is 0 Å². The fourth-order valence-corrected chi connectivity index (χ4v) is 5.35. The third-order valence-corrected chi connectivity index (χ3v) is 7.02. The molecule has 1 aliphatic carbocycles. The highest BCUT2D eigenvalue weighted by Gasteiger charge is 2.41. The number of rotatable bonds is 2. The van der Waals surface area contributed by atoms with Gasteiger partial charge in [0.05, 0.1) is 11.6 Å². The number of urea groups is 1. The Kier molecular flexibility index (Phi) is 5.60. The smallest absolute Gasteiger partial charge is 0.317 e. The van der Waals surface area contributed by atoms with E-state index >= 15 is 0 Å². The third kappa shape index (κ3) is 4.09. The van der Waals surface area contributed by atoms with Crippen molar-refractivity contribution in [1.82, 2.24) is 20.0 Å². The molecule has 2 unspecified atom stereocenters. The summed E-state index contributed by atoms with van der Waals surface area (Å²) in [5, 5.41) is 3.24. The van der Waals surface area contributed by atoms with Gasteiger partial charge in [-0.1, -0.05) is 12.8 Å². The zero-order chi connectivity index (χ0) is 18.9. The van der Waals surface area contributed by atoms with Crippen LogP contribution < -0.4 is 5.32 Å². The van der Waals surface area contributed by atoms with Crippen LogP contribution in [0.5, 0.6) is 0 Å². The molecule has 0 aromatic heterocycles. The maximum Gasteiger partial charge on any atom is 0.317 e. The first-order valence-corrected chi connectivity index (χ1v) is 10.7. The Hall–Kier alpha value is -1.34. The Morgan fingerprint density at radius 1 is 0.963 bits per heavy atom. The monoisotopic (exact) mass is 378 g/mol. The van der Waals surface area contributed by atoms with Crippen molar-refractivity contribution in [3.63, 3.8) is 0 Å². The van der Waals surface area contributed by atoms with Crippen molar-refractivity contribution in [3.05, 3.63) is 0 Å². The lowest BCUT2D eigenvalue weighted by molar-refractivity contribution is -0.137. The van der Waals surface area contributed by atoms with E-state index in [2.05, 4.69) is 10.2 Å². The quantitative estimate of drug-likeness (QED) is 0.789. The summed E-state index contributed by atoms with van der Waals surface area (Å²) in [5.41, 5.74) is 0.0224. The highest BCUT2D eigenvalue weighted by molar-refractivity contribution is 5.82. The van der Waals surface area contributed by atoms with E-state index in [1.165, 1.54) is 12.8 Å². The lowest BCUT2D eigenvalue weighted by Gasteiger charge is -2.40. The molecule has 1 N–H and O–H groups in total. The SMILES string of the molecule is CN1CCCC1C(=O)N1CCN(C(=O)NC2CCOC3(CCCC3)C2)CC1. The average molecular weight is 379 g/mol. The Morgan fingerprint density at radius 2 is 1.67 bits per heavy atom. The van der Waals surface area contributed by atoms with Crippen LogP contribution >= 0.6 is 0 Å². The maximum absolute atomic E-state index is 12.7. The minimum absolute atomic E-state index is 0.0224. The van der Waals surface area contributed by atoms with Crippen molar-refractivity contribution in [3.8, 4) is 0 Å². The Morgan fingerprint density at radius 3 is 2.33 bits per heavy atom. The summed E-state index contributed by atoms with van der Waals surface area (Å²) < 4.78 is 6.07. The maximum atomic E-state index is 12.7. The van der Waals surface area contributed by atoms with Gasteiger partial charge in [-0.2, -0.15) is 0 Å². The molecule has 27 heavy (non-hydrogen) atoms. The van der Waals surface area contributed by atoms with Gasteiger partial charge in [0, 0.05) is 38.8 Å². The van der Waals surface area contributed by atoms with E-state index in [9.17, 15) is 9.59 Å². The lowest BCUT2D eigenvalue weighted by atomic mass is 9.89. The molecular weight excluding hydrogens is 344 g/mol. The van der Waals surface area contributed by atoms with Gasteiger partial charge in [-0.3, -0.25) is 9.69 Å². The molecule has 0 bridgehead atoms. The molecule has 3 heterocycles. The van der Waals surface area contributed by atoms with Crippen molar-refractivity contribution in [2.45, 2.75) is 69.1 Å². The highest BCUT2D eigenvalue weighted by Crippen LogP contribution is 2.40. The van der Waals surface area contributed by atoms with Gasteiger partial charge in [0.25, 0.3) is 0 Å². The van der Waals surface area contributed by atoms with Gasteiger partial charge in [-0.15, -0.1) is 0 Å². The Balaban J connectivity index is 1.24. The van der Waals surface area contributed by atoms with Gasteiger partial charge in [0.15, 0.2) is 0 Å². The van der Waals surface area contributed by atoms with Crippen LogP contribution in [0.1, 0.15) is 51.4 Å². The first kappa shape index (κ1) is 19.0. The molecule has 1 saturated carbocycles. The number of carbonyl (C=O) groups excluding carboxylic acids is 2. The second-order valence-corrected chi connectivity index (χ2v) is 8.83. The number of nitrogens with one attached hydrogen (secondary N) is 1. The van der Waals surface area contributed by atoms with Crippen molar-refractivity contribution in [2.75, 3.05) is 46.4 Å². The third-order valence-electron chi connectivity index (χ3n) is 7.02. The zero-order valence-corrected chi connectivity index (χ0v) is 16.6. The molecule has 0 aromatic rings. The van der Waals surface area contributed by atoms with E-state index in [4.69, 9.17) is 4.74 Å². The molecule has 3 aliphatic heterocycles. The number of piperazine rings is 1. The minimum Gasteiger partial charge on any atom is -0.375 e. The number of likely N-dealkylation sites (tertiary alicyclic amines) is 1. The normalized spacial score (nSPS) is 31.4. The minimum atomic E-state index is 0.0224. The first-order chi connectivity index (χ1) is 13.1. The van der Waals surface area contributed by atoms with Crippen LogP contribution in [-0.4, -0.2) is 90.7 Å². The van der Waals surface area contributed by atoms with Gasteiger partial charge in [-0.05, 0) is 52.1 Å². The molecule has 4 fully saturated rings. The molecule has 3 saturated heterocycles. The summed E-state index contributed by atoms with van der Waals surface area (Å²) in [6.45, 7) is 4.31. The van der Waals surface area contributed by atoms with Crippen molar-refractivity contribution < 1.29 is 14.3 Å². The van der Waals surface area contributed by atoms with Crippen LogP contribution in [0.15, 0.2) is 0 Å². The molecule has 7 nitrogen and oxygen atoms in total. The Bertz CT molecular complexity index is 555. The van der Waals surface area contributed by atoms with Crippen molar-refractivity contribution >= 4 is 11.9 Å². The fraction of sp³-hybridized carbons (Fsp3) is 0.900. The summed E-state index contributed by atoms with van der Waals surface area (Å²) in [6, 6.07) is 0.284. The number of carbonyl (C=O) groups is 2. The molecule has 152 valence electrons. The number of amides is 3. The largest absolute Gasteiger partial charge is 0.375 e. The van der Waals surface area contributed by atoms with E-state index in [1.807, 2.05) is 16.8 Å². The fourth-order valence-electron chi connectivity index (χ4n) is 5.35. The van der Waals surface area contributed by atoms with Gasteiger partial charge in [-0.25, -0.2) is 4.79 Å². The summed E-state index contributed by atoms with van der Waals surface area (Å²) in [6.07, 6.45) is 8.67. The lowest BCUT2D eigenvalue weighted by Crippen LogP contribution is -2.57. The van der Waals surface area contributed by atoms with Gasteiger partial charge in [0.2, 0.25) is 5.91 Å². The first-order valence-electron chi connectivity index (χ1n) is 10.7. The van der Waals surface area contributed by atoms with Crippen LogP contribution in [-0.2, 0) is 9.53 Å². The molecule has 2 atom stereocenters. The molecule has 0 radical (unpaired) electrons. The standard InChI is InChI=1S/C20H34N4O3/c1-22-9-4-5-17(22)18(25)23-10-12-24(13-11-23)19(26)21-16-6-14-27-20(15-16)7-2-3-8-20/h16-17H,2-15H2,1H3,(H,21,26). The van der Waals surface area contributed by atoms with E-state index < -0.39 is 0 Å². The Labute approximate surface area is 162 Å². The molecule has 4 rings (SSSR count). The molecule has 3 amide bonds. The summed E-state index contributed by atoms with van der Waals surface area (Å²) >= 11 is 0. The van der Waals surface area contributed by atoms with Crippen molar-refractivity contribution in [2.24, 2.45) is 0 Å². The molecule has 1 spiro atoms. The van der Waals surface area contributed by atoms with Gasteiger partial charge < -0.3 is 19.9 Å². The predicted octanol–water partition coefficient (Wildman–Crippen LogP) is 1.43. The van der Waals surface area contributed by atoms with E-state index in [1.54, 1.807) is 0 Å². The molecule has 0 aromatic carbocycles. The second kappa shape index (κ2) is 7.95. The number of likely N-dealkylation sites (N-methyl/N-ethyl adjacent to an activating group) is 1. The second-order valence-electron chi connectivity index (χ2n) is 8.83. The van der Waals surface area contributed by atoms with E-state index in [0.717, 1.165) is 51.7 Å². The van der Waals surface area contributed by atoms with Crippen LogP contribution in [0.2, 0.25) is 0 Å². The van der Waals surface area contributed by atoms with Gasteiger partial charge in [0.1, 0.15) is 0 Å². The molecule has 4 aliphatic rings. The highest BCUT2D eigenvalue weighted by atomic mass is 16.5. The molecular formula is C20H34N4O3. The average Bonchev–Trinajstić information content (AvgIpc) is 3.30. The zero-order valence-electron chi connectivity index (χ0n) is 16.6. The topological polar surface area (TPSA) is 65.1 Å². The summed E-state index contributed by atoms with van der Waals surface area (Å²) in [5.74, 6) is 0.239. The van der Waals surface area contributed by atoms with Crippen LogP contribution in [0.3, 0.4) is 0 Å². The van der Waals surface area contributed by atoms with Gasteiger partial charge >= 0.3 is 6.03 Å². The van der Waals surface area contributed by atoms with Crippen LogP contribution in [0.25, 0.3) is 0 Å². The summed E-state index contributed by atoms with van der Waals surface area (Å²) in [7, 11) is 2.03. The number of hydrogen-bond acceptors (Lipinski definition) is 4. The van der Waals surface area contributed by atoms with E-state index in [-0.39, 0.29) is 29.6 Å². The summed E-state index contributed by atoms with van der Waals surface area (Å²) in [4.78, 5) is 31.4. The van der Waals surface area contributed by atoms with Crippen LogP contribution in [0.4, 0.5) is 4.79 Å². The number of nitrogens with zero attached hydrogens (tertiary/aromatic N) is 3.